The van der Waals surface area contributed by atoms with E-state index in [0.29, 0.717) is 17.5 Å². The first-order chi connectivity index (χ1) is 10.7. The van der Waals surface area contributed by atoms with Crippen LogP contribution in [0.4, 0.5) is 4.39 Å². The van der Waals surface area contributed by atoms with Crippen LogP contribution in [0, 0.1) is 5.82 Å². The molecular formula is C16H13FN2O2S. The molecule has 0 saturated heterocycles. The highest BCUT2D eigenvalue weighted by Gasteiger charge is 2.09. The molecule has 0 aliphatic heterocycles. The van der Waals surface area contributed by atoms with E-state index < -0.39 is 0 Å². The molecule has 3 rings (SSSR count). The van der Waals surface area contributed by atoms with Gasteiger partial charge in [-0.15, -0.1) is 11.8 Å². The van der Waals surface area contributed by atoms with E-state index in [-0.39, 0.29) is 5.82 Å². The Hall–Kier alpha value is -2.34. The van der Waals surface area contributed by atoms with E-state index in [1.807, 2.05) is 24.3 Å². The summed E-state index contributed by atoms with van der Waals surface area (Å²) in [4.78, 5) is 5.31. The van der Waals surface area contributed by atoms with E-state index in [9.17, 15) is 4.39 Å². The van der Waals surface area contributed by atoms with Crippen molar-refractivity contribution in [3.05, 3.63) is 60.2 Å². The summed E-state index contributed by atoms with van der Waals surface area (Å²) in [5, 5.41) is 3.96. The Kier molecular flexibility index (Phi) is 4.39. The lowest BCUT2D eigenvalue weighted by Gasteiger charge is -1.99. The molecule has 0 bridgehead atoms. The Morgan fingerprint density at radius 3 is 2.50 bits per heavy atom. The summed E-state index contributed by atoms with van der Waals surface area (Å²) in [6.45, 7) is 0. The van der Waals surface area contributed by atoms with Crippen molar-refractivity contribution < 1.29 is 13.7 Å². The van der Waals surface area contributed by atoms with Gasteiger partial charge in [-0.1, -0.05) is 5.16 Å². The molecular weight excluding hydrogens is 303 g/mol. The van der Waals surface area contributed by atoms with Crippen LogP contribution in [0.1, 0.15) is 5.82 Å². The van der Waals surface area contributed by atoms with Crippen LogP contribution in [0.15, 0.2) is 57.9 Å². The molecule has 0 atom stereocenters. The first kappa shape index (κ1) is 14.6. The van der Waals surface area contributed by atoms with E-state index in [2.05, 4.69) is 10.1 Å². The van der Waals surface area contributed by atoms with E-state index in [0.717, 1.165) is 16.2 Å². The van der Waals surface area contributed by atoms with E-state index in [1.165, 1.54) is 23.9 Å². The molecule has 0 aliphatic carbocycles. The monoisotopic (exact) mass is 316 g/mol. The average Bonchev–Trinajstić information content (AvgIpc) is 3.03. The van der Waals surface area contributed by atoms with Gasteiger partial charge in [0.2, 0.25) is 0 Å². The van der Waals surface area contributed by atoms with Gasteiger partial charge in [0.05, 0.1) is 12.9 Å². The summed E-state index contributed by atoms with van der Waals surface area (Å²) in [5.74, 6) is 2.16. The van der Waals surface area contributed by atoms with Crippen LogP contribution in [-0.4, -0.2) is 17.3 Å². The predicted octanol–water partition coefficient (Wildman–Crippen LogP) is 4.18. The molecule has 3 aromatic rings. The quantitative estimate of drug-likeness (QED) is 0.661. The van der Waals surface area contributed by atoms with E-state index >= 15 is 0 Å². The number of aromatic nitrogens is 2. The van der Waals surface area contributed by atoms with Gasteiger partial charge in [-0.25, -0.2) is 4.39 Å². The molecule has 0 saturated carbocycles. The van der Waals surface area contributed by atoms with Crippen molar-refractivity contribution >= 4 is 11.8 Å². The maximum atomic E-state index is 12.8. The normalized spacial score (nSPS) is 10.6. The zero-order valence-electron chi connectivity index (χ0n) is 11.8. The van der Waals surface area contributed by atoms with Crippen molar-refractivity contribution in [1.29, 1.82) is 0 Å². The molecule has 112 valence electrons. The number of hydrogen-bond acceptors (Lipinski definition) is 5. The number of benzene rings is 2. The molecule has 2 aromatic carbocycles. The number of ether oxygens (including phenoxy) is 1. The second-order valence-electron chi connectivity index (χ2n) is 4.49. The number of hydrogen-bond donors (Lipinski definition) is 0. The van der Waals surface area contributed by atoms with Crippen LogP contribution in [0.5, 0.6) is 5.75 Å². The minimum atomic E-state index is -0.245. The standard InChI is InChI=1S/C16H13FN2O2S/c1-20-13-6-2-11(3-7-13)16-18-15(19-21-16)10-22-14-8-4-12(17)5-9-14/h2-9H,10H2,1H3. The van der Waals surface area contributed by atoms with Crippen LogP contribution in [0.25, 0.3) is 11.5 Å². The minimum Gasteiger partial charge on any atom is -0.497 e. The fourth-order valence-electron chi connectivity index (χ4n) is 1.84. The predicted molar refractivity (Wildman–Crippen MR) is 82.2 cm³/mol. The van der Waals surface area contributed by atoms with Crippen LogP contribution in [-0.2, 0) is 5.75 Å². The molecule has 1 aromatic heterocycles. The zero-order valence-corrected chi connectivity index (χ0v) is 12.6. The molecule has 0 fully saturated rings. The number of nitrogens with zero attached hydrogens (tertiary/aromatic N) is 2. The van der Waals surface area contributed by atoms with Crippen LogP contribution < -0.4 is 4.74 Å². The highest BCUT2D eigenvalue weighted by Crippen LogP contribution is 2.24. The average molecular weight is 316 g/mol. The first-order valence-corrected chi connectivity index (χ1v) is 7.58. The summed E-state index contributed by atoms with van der Waals surface area (Å²) < 4.78 is 23.2. The van der Waals surface area contributed by atoms with Crippen molar-refractivity contribution in [2.45, 2.75) is 10.6 Å². The number of rotatable bonds is 5. The molecule has 6 heteroatoms. The number of thioether (sulfide) groups is 1. The fraction of sp³-hybridized carbons (Fsp3) is 0.125. The third-order valence-electron chi connectivity index (χ3n) is 2.99. The van der Waals surface area contributed by atoms with Gasteiger partial charge in [0.1, 0.15) is 11.6 Å². The number of methoxy groups -OCH3 is 1. The largest absolute Gasteiger partial charge is 0.497 e. The van der Waals surface area contributed by atoms with Gasteiger partial charge in [0, 0.05) is 10.5 Å². The molecule has 0 N–H and O–H groups in total. The van der Waals surface area contributed by atoms with Gasteiger partial charge in [0.25, 0.3) is 5.89 Å². The lowest BCUT2D eigenvalue weighted by atomic mass is 10.2. The molecule has 0 amide bonds. The lowest BCUT2D eigenvalue weighted by Crippen LogP contribution is -1.85. The van der Waals surface area contributed by atoms with Gasteiger partial charge in [-0.05, 0) is 48.5 Å². The Balaban J connectivity index is 1.66. The highest BCUT2D eigenvalue weighted by molar-refractivity contribution is 7.98. The van der Waals surface area contributed by atoms with Crippen molar-refractivity contribution in [3.8, 4) is 17.2 Å². The SMILES string of the molecule is COc1ccc(-c2nc(CSc3ccc(F)cc3)no2)cc1. The second-order valence-corrected chi connectivity index (χ2v) is 5.54. The van der Waals surface area contributed by atoms with Gasteiger partial charge < -0.3 is 9.26 Å². The highest BCUT2D eigenvalue weighted by atomic mass is 32.2. The number of halogens is 1. The van der Waals surface area contributed by atoms with Crippen molar-refractivity contribution in [3.63, 3.8) is 0 Å². The zero-order chi connectivity index (χ0) is 15.4. The summed E-state index contributed by atoms with van der Waals surface area (Å²) >= 11 is 1.53. The summed E-state index contributed by atoms with van der Waals surface area (Å²) in [6.07, 6.45) is 0. The molecule has 0 radical (unpaired) electrons. The molecule has 22 heavy (non-hydrogen) atoms. The summed E-state index contributed by atoms with van der Waals surface area (Å²) in [6, 6.07) is 13.7. The third kappa shape index (κ3) is 3.46. The first-order valence-electron chi connectivity index (χ1n) is 6.60. The van der Waals surface area contributed by atoms with E-state index in [1.54, 1.807) is 19.2 Å². The minimum absolute atomic E-state index is 0.245. The van der Waals surface area contributed by atoms with Crippen molar-refractivity contribution in [1.82, 2.24) is 10.1 Å². The maximum Gasteiger partial charge on any atom is 0.257 e. The van der Waals surface area contributed by atoms with Crippen LogP contribution >= 0.6 is 11.8 Å². The Morgan fingerprint density at radius 1 is 1.09 bits per heavy atom. The smallest absolute Gasteiger partial charge is 0.257 e. The van der Waals surface area contributed by atoms with Crippen molar-refractivity contribution in [2.75, 3.05) is 7.11 Å². The molecule has 0 aliphatic rings. The molecule has 4 nitrogen and oxygen atoms in total. The summed E-state index contributed by atoms with van der Waals surface area (Å²) in [5.41, 5.74) is 0.839. The van der Waals surface area contributed by atoms with Crippen LogP contribution in [0.2, 0.25) is 0 Å². The van der Waals surface area contributed by atoms with Gasteiger partial charge in [0.15, 0.2) is 5.82 Å². The lowest BCUT2D eigenvalue weighted by molar-refractivity contribution is 0.414. The Labute approximate surface area is 131 Å². The summed E-state index contributed by atoms with van der Waals surface area (Å²) in [7, 11) is 1.62. The topological polar surface area (TPSA) is 48.2 Å². The van der Waals surface area contributed by atoms with Crippen molar-refractivity contribution in [2.24, 2.45) is 0 Å². The molecule has 0 spiro atoms. The Morgan fingerprint density at radius 2 is 1.82 bits per heavy atom. The third-order valence-corrected chi connectivity index (χ3v) is 3.99. The van der Waals surface area contributed by atoms with Gasteiger partial charge >= 0.3 is 0 Å². The van der Waals surface area contributed by atoms with Gasteiger partial charge in [-0.2, -0.15) is 4.98 Å². The van der Waals surface area contributed by atoms with Crippen LogP contribution in [0.3, 0.4) is 0 Å². The molecule has 1 heterocycles. The fourth-order valence-corrected chi connectivity index (χ4v) is 2.58. The van der Waals surface area contributed by atoms with E-state index in [4.69, 9.17) is 9.26 Å². The maximum absolute atomic E-state index is 12.8. The molecule has 0 unspecified atom stereocenters. The second kappa shape index (κ2) is 6.62. The Bertz CT molecular complexity index is 742. The van der Waals surface area contributed by atoms with Gasteiger partial charge in [-0.3, -0.25) is 0 Å².